The van der Waals surface area contributed by atoms with Crippen LogP contribution in [0.2, 0.25) is 0 Å². The van der Waals surface area contributed by atoms with E-state index in [1.54, 1.807) is 6.07 Å². The Hall–Kier alpha value is -3.28. The van der Waals surface area contributed by atoms with Gasteiger partial charge in [-0.2, -0.15) is 0 Å². The molecule has 29 heavy (non-hydrogen) atoms. The molecule has 0 bridgehead atoms. The predicted octanol–water partition coefficient (Wildman–Crippen LogP) is 3.61. The highest BCUT2D eigenvalue weighted by Crippen LogP contribution is 2.19. The number of aryl methyl sites for hydroxylation is 2. The van der Waals surface area contributed by atoms with E-state index in [1.807, 2.05) is 32.0 Å². The fourth-order valence-electron chi connectivity index (χ4n) is 3.23. The second-order valence-corrected chi connectivity index (χ2v) is 7.10. The number of fused-ring (bicyclic) bond motifs is 1. The molecule has 6 heteroatoms. The molecule has 0 unspecified atom stereocenters. The Kier molecular flexibility index (Phi) is 6.22. The van der Waals surface area contributed by atoms with E-state index < -0.39 is 11.6 Å². The molecule has 1 aromatic heterocycles. The van der Waals surface area contributed by atoms with Crippen LogP contribution in [-0.4, -0.2) is 23.2 Å². The Morgan fingerprint density at radius 3 is 2.59 bits per heavy atom. The van der Waals surface area contributed by atoms with Gasteiger partial charge in [-0.3, -0.25) is 14.4 Å². The standard InChI is InChI=1S/C23H23FN2O3/c1-14-7-8-16-13-17(23(29)26-22(16)15(14)2)11-12-25-21(28)10-9-20(27)18-5-3-4-6-19(18)24/h3-8,13H,9-12H2,1-2H3,(H,25,28)(H,26,29). The second kappa shape index (κ2) is 8.82. The minimum atomic E-state index is -0.584. The molecular formula is C23H23FN2O3. The minimum absolute atomic E-state index is 0.00599. The number of H-pyrrole nitrogens is 1. The monoisotopic (exact) mass is 394 g/mol. The van der Waals surface area contributed by atoms with E-state index in [-0.39, 0.29) is 36.4 Å². The molecule has 1 amide bonds. The van der Waals surface area contributed by atoms with E-state index in [0.717, 1.165) is 22.0 Å². The molecule has 0 radical (unpaired) electrons. The maximum Gasteiger partial charge on any atom is 0.251 e. The Morgan fingerprint density at radius 1 is 1.07 bits per heavy atom. The zero-order valence-electron chi connectivity index (χ0n) is 16.5. The molecular weight excluding hydrogens is 371 g/mol. The number of nitrogens with one attached hydrogen (secondary N) is 2. The summed E-state index contributed by atoms with van der Waals surface area (Å²) in [5.41, 5.74) is 3.39. The van der Waals surface area contributed by atoms with Gasteiger partial charge in [0.15, 0.2) is 5.78 Å². The highest BCUT2D eigenvalue weighted by atomic mass is 19.1. The Morgan fingerprint density at radius 2 is 1.83 bits per heavy atom. The highest BCUT2D eigenvalue weighted by Gasteiger charge is 2.13. The molecule has 150 valence electrons. The fraction of sp³-hybridized carbons (Fsp3) is 0.261. The number of carbonyl (C=O) groups excluding carboxylic acids is 2. The number of halogens is 1. The van der Waals surface area contributed by atoms with Crippen LogP contribution in [0.4, 0.5) is 4.39 Å². The summed E-state index contributed by atoms with van der Waals surface area (Å²) in [6, 6.07) is 11.5. The van der Waals surface area contributed by atoms with Crippen LogP contribution in [0.3, 0.4) is 0 Å². The van der Waals surface area contributed by atoms with Gasteiger partial charge in [0, 0.05) is 24.9 Å². The number of rotatable bonds is 7. The topological polar surface area (TPSA) is 79.0 Å². The van der Waals surface area contributed by atoms with Gasteiger partial charge < -0.3 is 10.3 Å². The second-order valence-electron chi connectivity index (χ2n) is 7.10. The number of hydrogen-bond donors (Lipinski definition) is 2. The van der Waals surface area contributed by atoms with Gasteiger partial charge in [-0.1, -0.05) is 24.3 Å². The average Bonchev–Trinajstić information content (AvgIpc) is 2.70. The van der Waals surface area contributed by atoms with Crippen molar-refractivity contribution in [3.05, 3.63) is 80.9 Å². The molecule has 0 fully saturated rings. The maximum atomic E-state index is 13.6. The molecule has 0 aliphatic heterocycles. The third-order valence-corrected chi connectivity index (χ3v) is 5.10. The van der Waals surface area contributed by atoms with Crippen molar-refractivity contribution < 1.29 is 14.0 Å². The molecule has 2 aromatic carbocycles. The van der Waals surface area contributed by atoms with Crippen LogP contribution in [0, 0.1) is 19.7 Å². The van der Waals surface area contributed by atoms with Crippen molar-refractivity contribution in [3.8, 4) is 0 Å². The molecule has 3 rings (SSSR count). The van der Waals surface area contributed by atoms with Gasteiger partial charge in [0.1, 0.15) is 5.82 Å². The van der Waals surface area contributed by atoms with Gasteiger partial charge in [0.2, 0.25) is 5.91 Å². The largest absolute Gasteiger partial charge is 0.356 e. The van der Waals surface area contributed by atoms with E-state index in [1.165, 1.54) is 18.2 Å². The molecule has 1 heterocycles. The summed E-state index contributed by atoms with van der Waals surface area (Å²) in [5.74, 6) is -1.30. The summed E-state index contributed by atoms with van der Waals surface area (Å²) in [6.07, 6.45) is 0.285. The van der Waals surface area contributed by atoms with Crippen molar-refractivity contribution >= 4 is 22.6 Å². The summed E-state index contributed by atoms with van der Waals surface area (Å²) in [6.45, 7) is 4.25. The number of pyridine rings is 1. The van der Waals surface area contributed by atoms with Crippen LogP contribution < -0.4 is 10.9 Å². The smallest absolute Gasteiger partial charge is 0.251 e. The van der Waals surface area contributed by atoms with E-state index in [2.05, 4.69) is 10.3 Å². The van der Waals surface area contributed by atoms with Gasteiger partial charge in [0.05, 0.1) is 11.1 Å². The van der Waals surface area contributed by atoms with Crippen molar-refractivity contribution in [3.63, 3.8) is 0 Å². The van der Waals surface area contributed by atoms with Gasteiger partial charge in [-0.25, -0.2) is 4.39 Å². The Bertz CT molecular complexity index is 1130. The van der Waals surface area contributed by atoms with Crippen molar-refractivity contribution in [1.82, 2.24) is 10.3 Å². The number of aromatic amines is 1. The van der Waals surface area contributed by atoms with Crippen molar-refractivity contribution in [2.45, 2.75) is 33.1 Å². The quantitative estimate of drug-likeness (QED) is 0.601. The number of aromatic nitrogens is 1. The molecule has 0 spiro atoms. The first-order chi connectivity index (χ1) is 13.9. The molecule has 2 N–H and O–H groups in total. The fourth-order valence-corrected chi connectivity index (χ4v) is 3.23. The third-order valence-electron chi connectivity index (χ3n) is 5.10. The Labute approximate surface area is 168 Å². The van der Waals surface area contributed by atoms with Gasteiger partial charge >= 0.3 is 0 Å². The predicted molar refractivity (Wildman–Crippen MR) is 111 cm³/mol. The lowest BCUT2D eigenvalue weighted by atomic mass is 10.0. The first-order valence-electron chi connectivity index (χ1n) is 9.53. The van der Waals surface area contributed by atoms with Crippen LogP contribution >= 0.6 is 0 Å². The van der Waals surface area contributed by atoms with E-state index in [4.69, 9.17) is 0 Å². The van der Waals surface area contributed by atoms with Crippen LogP contribution in [0.25, 0.3) is 10.9 Å². The van der Waals surface area contributed by atoms with Crippen LogP contribution in [0.15, 0.2) is 47.3 Å². The van der Waals surface area contributed by atoms with Gasteiger partial charge in [-0.05, 0) is 55.0 Å². The zero-order chi connectivity index (χ0) is 21.0. The molecule has 0 aliphatic rings. The molecule has 0 saturated carbocycles. The first kappa shape index (κ1) is 20.5. The average molecular weight is 394 g/mol. The van der Waals surface area contributed by atoms with E-state index in [0.29, 0.717) is 12.0 Å². The van der Waals surface area contributed by atoms with Crippen molar-refractivity contribution in [1.29, 1.82) is 0 Å². The lowest BCUT2D eigenvalue weighted by molar-refractivity contribution is -0.121. The summed E-state index contributed by atoms with van der Waals surface area (Å²) < 4.78 is 13.6. The molecule has 5 nitrogen and oxygen atoms in total. The molecule has 0 saturated heterocycles. The van der Waals surface area contributed by atoms with Crippen molar-refractivity contribution in [2.24, 2.45) is 0 Å². The summed E-state index contributed by atoms with van der Waals surface area (Å²) in [5, 5.41) is 3.66. The number of carbonyl (C=O) groups is 2. The van der Waals surface area contributed by atoms with Crippen LogP contribution in [0.1, 0.15) is 39.9 Å². The summed E-state index contributed by atoms with van der Waals surface area (Å²) >= 11 is 0. The minimum Gasteiger partial charge on any atom is -0.356 e. The number of benzene rings is 2. The van der Waals surface area contributed by atoms with Crippen LogP contribution in [-0.2, 0) is 11.2 Å². The lowest BCUT2D eigenvalue weighted by Crippen LogP contribution is -2.27. The van der Waals surface area contributed by atoms with Gasteiger partial charge in [-0.15, -0.1) is 0 Å². The maximum absolute atomic E-state index is 13.6. The van der Waals surface area contributed by atoms with Crippen molar-refractivity contribution in [2.75, 3.05) is 6.54 Å². The molecule has 3 aromatic rings. The molecule has 0 aliphatic carbocycles. The van der Waals surface area contributed by atoms with Gasteiger partial charge in [0.25, 0.3) is 5.56 Å². The SMILES string of the molecule is Cc1ccc2cc(CCNC(=O)CCC(=O)c3ccccc3F)c(=O)[nH]c2c1C. The summed E-state index contributed by atoms with van der Waals surface area (Å²) in [7, 11) is 0. The number of ketones is 1. The number of hydrogen-bond acceptors (Lipinski definition) is 3. The highest BCUT2D eigenvalue weighted by molar-refractivity contribution is 5.98. The van der Waals surface area contributed by atoms with E-state index in [9.17, 15) is 18.8 Å². The molecule has 0 atom stereocenters. The van der Waals surface area contributed by atoms with Crippen LogP contribution in [0.5, 0.6) is 0 Å². The zero-order valence-corrected chi connectivity index (χ0v) is 16.5. The van der Waals surface area contributed by atoms with E-state index >= 15 is 0 Å². The first-order valence-corrected chi connectivity index (χ1v) is 9.53. The Balaban J connectivity index is 1.54. The third kappa shape index (κ3) is 4.77. The lowest BCUT2D eigenvalue weighted by Gasteiger charge is -2.09. The number of amides is 1. The summed E-state index contributed by atoms with van der Waals surface area (Å²) in [4.78, 5) is 39.3. The normalized spacial score (nSPS) is 10.9. The number of Topliss-reactive ketones (excluding diaryl/α,β-unsaturated/α-hetero) is 1.